The summed E-state index contributed by atoms with van der Waals surface area (Å²) < 4.78 is 0. The number of rotatable bonds is 4. The molecule has 0 aromatic heterocycles. The summed E-state index contributed by atoms with van der Waals surface area (Å²) in [5, 5.41) is 7.20. The number of hydrogen-bond donors (Lipinski definition) is 2. The molecule has 0 amide bonds. The Labute approximate surface area is 156 Å². The lowest BCUT2D eigenvalue weighted by Gasteiger charge is -2.13. The molecule has 0 aliphatic rings. The van der Waals surface area contributed by atoms with Crippen molar-refractivity contribution in [3.8, 4) is 0 Å². The lowest BCUT2D eigenvalue weighted by molar-refractivity contribution is 0.103. The summed E-state index contributed by atoms with van der Waals surface area (Å²) in [6.07, 6.45) is 0. The Bertz CT molecular complexity index is 895. The Morgan fingerprint density at radius 2 is 1.44 bits per heavy atom. The Morgan fingerprint density at radius 1 is 0.800 bits per heavy atom. The number of hydrogen-bond acceptors (Lipinski definition) is 2. The summed E-state index contributed by atoms with van der Waals surface area (Å²) in [5.41, 5.74) is 2.64. The van der Waals surface area contributed by atoms with E-state index in [9.17, 15) is 4.79 Å². The third kappa shape index (κ3) is 4.44. The van der Waals surface area contributed by atoms with Gasteiger partial charge in [-0.2, -0.15) is 0 Å². The van der Waals surface area contributed by atoms with Gasteiger partial charge >= 0.3 is 0 Å². The molecule has 0 atom stereocenters. The van der Waals surface area contributed by atoms with Crippen molar-refractivity contribution in [2.24, 2.45) is 0 Å². The number of carbonyl (C=O) groups excluding carboxylic acids is 1. The third-order valence-corrected chi connectivity index (χ3v) is 4.01. The molecule has 3 nitrogen and oxygen atoms in total. The first-order chi connectivity index (χ1) is 12.1. The Hall–Kier alpha value is -2.69. The number of anilines is 2. The van der Waals surface area contributed by atoms with Crippen LogP contribution in [-0.2, 0) is 0 Å². The summed E-state index contributed by atoms with van der Waals surface area (Å²) in [5.74, 6) is -0.0951. The van der Waals surface area contributed by atoms with Crippen LogP contribution in [0.4, 0.5) is 11.4 Å². The van der Waals surface area contributed by atoms with Gasteiger partial charge in [-0.25, -0.2) is 0 Å². The molecule has 0 spiro atoms. The summed E-state index contributed by atoms with van der Waals surface area (Å²) in [6.45, 7) is 0. The molecule has 25 heavy (non-hydrogen) atoms. The lowest BCUT2D eigenvalue weighted by atomic mass is 10.0. The van der Waals surface area contributed by atoms with Gasteiger partial charge in [-0.15, -0.1) is 0 Å². The highest BCUT2D eigenvalue weighted by molar-refractivity contribution is 7.80. The second kappa shape index (κ2) is 7.92. The van der Waals surface area contributed by atoms with Gasteiger partial charge in [-0.1, -0.05) is 41.9 Å². The molecule has 0 radical (unpaired) electrons. The van der Waals surface area contributed by atoms with Gasteiger partial charge < -0.3 is 10.6 Å². The molecule has 0 bridgehead atoms. The first-order valence-electron chi connectivity index (χ1n) is 7.66. The van der Waals surface area contributed by atoms with Gasteiger partial charge in [0.2, 0.25) is 0 Å². The number of ketones is 1. The van der Waals surface area contributed by atoms with Crippen molar-refractivity contribution in [3.05, 3.63) is 95.0 Å². The number of carbonyl (C=O) groups is 1. The average Bonchev–Trinajstić information content (AvgIpc) is 2.63. The summed E-state index contributed by atoms with van der Waals surface area (Å²) in [6, 6.07) is 23.7. The molecule has 0 saturated heterocycles. The van der Waals surface area contributed by atoms with Crippen LogP contribution < -0.4 is 10.6 Å². The van der Waals surface area contributed by atoms with Crippen LogP contribution in [0.1, 0.15) is 15.9 Å². The maximum Gasteiger partial charge on any atom is 0.195 e. The highest BCUT2D eigenvalue weighted by Crippen LogP contribution is 2.21. The Morgan fingerprint density at radius 3 is 2.16 bits per heavy atom. The maximum atomic E-state index is 12.8. The van der Waals surface area contributed by atoms with Gasteiger partial charge in [-0.3, -0.25) is 4.79 Å². The zero-order valence-electron chi connectivity index (χ0n) is 13.2. The van der Waals surface area contributed by atoms with E-state index in [1.165, 1.54) is 0 Å². The van der Waals surface area contributed by atoms with Crippen LogP contribution in [0.25, 0.3) is 0 Å². The van der Waals surface area contributed by atoms with Crippen molar-refractivity contribution in [3.63, 3.8) is 0 Å². The minimum absolute atomic E-state index is 0.0951. The topological polar surface area (TPSA) is 41.1 Å². The molecule has 5 heteroatoms. The zero-order valence-corrected chi connectivity index (χ0v) is 14.8. The number of benzene rings is 3. The molecule has 0 fully saturated rings. The molecule has 124 valence electrons. The highest BCUT2D eigenvalue weighted by Gasteiger charge is 2.14. The van der Waals surface area contributed by atoms with E-state index in [0.717, 1.165) is 5.69 Å². The maximum absolute atomic E-state index is 12.8. The lowest BCUT2D eigenvalue weighted by Crippen LogP contribution is -2.20. The number of para-hydroxylation sites is 2. The van der Waals surface area contributed by atoms with Crippen LogP contribution in [0.5, 0.6) is 0 Å². The summed E-state index contributed by atoms with van der Waals surface area (Å²) >= 11 is 11.2. The molecule has 0 aliphatic carbocycles. The normalized spacial score (nSPS) is 10.1. The van der Waals surface area contributed by atoms with Gasteiger partial charge in [0.05, 0.1) is 5.69 Å². The molecule has 0 heterocycles. The van der Waals surface area contributed by atoms with Crippen molar-refractivity contribution in [1.29, 1.82) is 0 Å². The van der Waals surface area contributed by atoms with E-state index in [-0.39, 0.29) is 5.78 Å². The minimum Gasteiger partial charge on any atom is -0.332 e. The van der Waals surface area contributed by atoms with E-state index in [1.807, 2.05) is 48.5 Å². The van der Waals surface area contributed by atoms with Gasteiger partial charge in [0, 0.05) is 21.8 Å². The molecule has 2 N–H and O–H groups in total. The van der Waals surface area contributed by atoms with Gasteiger partial charge in [-0.05, 0) is 60.7 Å². The van der Waals surface area contributed by atoms with E-state index in [2.05, 4.69) is 10.6 Å². The van der Waals surface area contributed by atoms with Crippen LogP contribution in [0.3, 0.4) is 0 Å². The minimum atomic E-state index is -0.0951. The highest BCUT2D eigenvalue weighted by atomic mass is 35.5. The molecular formula is C20H15ClN2OS. The molecule has 3 aromatic rings. The van der Waals surface area contributed by atoms with Crippen molar-refractivity contribution in [1.82, 2.24) is 0 Å². The van der Waals surface area contributed by atoms with Crippen molar-refractivity contribution in [2.45, 2.75) is 0 Å². The van der Waals surface area contributed by atoms with Gasteiger partial charge in [0.15, 0.2) is 10.9 Å². The first kappa shape index (κ1) is 17.1. The van der Waals surface area contributed by atoms with Crippen LogP contribution in [0, 0.1) is 0 Å². The number of thiocarbonyl (C=S) groups is 1. The fourth-order valence-electron chi connectivity index (χ4n) is 2.35. The zero-order chi connectivity index (χ0) is 17.6. The Kier molecular flexibility index (Phi) is 5.43. The molecule has 3 aromatic carbocycles. The van der Waals surface area contributed by atoms with Crippen LogP contribution in [0.2, 0.25) is 5.02 Å². The number of halogens is 1. The molecule has 3 rings (SSSR count). The molecular weight excluding hydrogens is 352 g/mol. The molecule has 0 aliphatic heterocycles. The number of nitrogens with one attached hydrogen (secondary N) is 2. The van der Waals surface area contributed by atoms with E-state index in [4.69, 9.17) is 23.8 Å². The molecule has 0 saturated carbocycles. The van der Waals surface area contributed by atoms with E-state index in [0.29, 0.717) is 26.9 Å². The monoisotopic (exact) mass is 366 g/mol. The van der Waals surface area contributed by atoms with Crippen molar-refractivity contribution in [2.75, 3.05) is 10.6 Å². The standard InChI is InChI=1S/C20H15ClN2OS/c21-15-12-10-14(11-13-15)19(24)17-8-4-5-9-18(17)23-20(25)22-16-6-2-1-3-7-16/h1-13H,(H2,22,23,25). The summed E-state index contributed by atoms with van der Waals surface area (Å²) in [7, 11) is 0. The van der Waals surface area contributed by atoms with Crippen LogP contribution in [0.15, 0.2) is 78.9 Å². The van der Waals surface area contributed by atoms with Gasteiger partial charge in [0.25, 0.3) is 0 Å². The summed E-state index contributed by atoms with van der Waals surface area (Å²) in [4.78, 5) is 12.8. The first-order valence-corrected chi connectivity index (χ1v) is 8.44. The third-order valence-electron chi connectivity index (χ3n) is 3.56. The fourth-order valence-corrected chi connectivity index (χ4v) is 2.71. The second-order valence-electron chi connectivity index (χ2n) is 5.33. The predicted octanol–water partition coefficient (Wildman–Crippen LogP) is 5.38. The van der Waals surface area contributed by atoms with E-state index >= 15 is 0 Å². The Balaban J connectivity index is 1.80. The van der Waals surface area contributed by atoms with Crippen LogP contribution in [-0.4, -0.2) is 10.9 Å². The van der Waals surface area contributed by atoms with Crippen molar-refractivity contribution >= 4 is 46.1 Å². The largest absolute Gasteiger partial charge is 0.332 e. The van der Waals surface area contributed by atoms with Crippen LogP contribution >= 0.6 is 23.8 Å². The quantitative estimate of drug-likeness (QED) is 0.480. The SMILES string of the molecule is O=C(c1ccc(Cl)cc1)c1ccccc1NC(=S)Nc1ccccc1. The smallest absolute Gasteiger partial charge is 0.195 e. The average molecular weight is 367 g/mol. The molecule has 0 unspecified atom stereocenters. The predicted molar refractivity (Wildman–Crippen MR) is 108 cm³/mol. The van der Waals surface area contributed by atoms with Gasteiger partial charge in [0.1, 0.15) is 0 Å². The second-order valence-corrected chi connectivity index (χ2v) is 6.17. The fraction of sp³-hybridized carbons (Fsp3) is 0. The van der Waals surface area contributed by atoms with E-state index in [1.54, 1.807) is 30.3 Å². The van der Waals surface area contributed by atoms with Crippen molar-refractivity contribution < 1.29 is 4.79 Å². The van der Waals surface area contributed by atoms with E-state index < -0.39 is 0 Å².